The van der Waals surface area contributed by atoms with Gasteiger partial charge in [-0.1, -0.05) is 20.3 Å². The van der Waals surface area contributed by atoms with E-state index in [0.717, 1.165) is 31.2 Å². The molecule has 0 aromatic heterocycles. The van der Waals surface area contributed by atoms with E-state index in [1.807, 2.05) is 0 Å². The summed E-state index contributed by atoms with van der Waals surface area (Å²) < 4.78 is 0. The molecule has 0 N–H and O–H groups in total. The zero-order valence-electron chi connectivity index (χ0n) is 11.6. The van der Waals surface area contributed by atoms with E-state index in [-0.39, 0.29) is 0 Å². The second-order valence-electron chi connectivity index (χ2n) is 6.07. The zero-order chi connectivity index (χ0) is 12.4. The molecule has 0 aromatic carbocycles. The molecule has 2 fully saturated rings. The highest BCUT2D eigenvalue weighted by molar-refractivity contribution is 5.79. The molecular weight excluding hydrogens is 210 g/mol. The highest BCUT2D eigenvalue weighted by atomic mass is 16.2. The minimum atomic E-state index is 0.365. The standard InChI is InChI=1S/C15H27NO/c1-4-6-7-16(11(3)5-2)15(17)14-9-12-8-13(12)10-14/h11-14H,4-10H2,1-3H3. The molecule has 98 valence electrons. The van der Waals surface area contributed by atoms with E-state index in [1.165, 1.54) is 25.7 Å². The summed E-state index contributed by atoms with van der Waals surface area (Å²) in [6.07, 6.45) is 7.17. The summed E-state index contributed by atoms with van der Waals surface area (Å²) in [7, 11) is 0. The van der Waals surface area contributed by atoms with Crippen LogP contribution in [0.4, 0.5) is 0 Å². The smallest absolute Gasteiger partial charge is 0.225 e. The molecule has 2 aliphatic carbocycles. The van der Waals surface area contributed by atoms with Crippen molar-refractivity contribution >= 4 is 5.91 Å². The molecule has 0 aromatic rings. The third-order valence-corrected chi connectivity index (χ3v) is 4.75. The first-order valence-corrected chi connectivity index (χ1v) is 7.47. The molecule has 0 radical (unpaired) electrons. The zero-order valence-corrected chi connectivity index (χ0v) is 11.6. The van der Waals surface area contributed by atoms with Gasteiger partial charge in [-0.15, -0.1) is 0 Å². The van der Waals surface area contributed by atoms with Crippen LogP contribution in [-0.2, 0) is 4.79 Å². The van der Waals surface area contributed by atoms with E-state index >= 15 is 0 Å². The Kier molecular flexibility index (Phi) is 4.11. The van der Waals surface area contributed by atoms with Crippen molar-refractivity contribution in [2.75, 3.05) is 6.54 Å². The molecule has 1 amide bonds. The van der Waals surface area contributed by atoms with Crippen molar-refractivity contribution in [1.29, 1.82) is 0 Å². The molecule has 0 saturated heterocycles. The maximum Gasteiger partial charge on any atom is 0.225 e. The Morgan fingerprint density at radius 1 is 1.24 bits per heavy atom. The van der Waals surface area contributed by atoms with Crippen LogP contribution in [0.5, 0.6) is 0 Å². The van der Waals surface area contributed by atoms with Crippen LogP contribution in [0.15, 0.2) is 0 Å². The van der Waals surface area contributed by atoms with Crippen molar-refractivity contribution in [2.45, 2.75) is 65.3 Å². The first kappa shape index (κ1) is 12.9. The molecule has 0 bridgehead atoms. The molecular formula is C15H27NO. The lowest BCUT2D eigenvalue weighted by molar-refractivity contribution is -0.137. The van der Waals surface area contributed by atoms with E-state index in [0.29, 0.717) is 17.9 Å². The lowest BCUT2D eigenvalue weighted by Crippen LogP contribution is -2.42. The van der Waals surface area contributed by atoms with Crippen molar-refractivity contribution < 1.29 is 4.79 Å². The van der Waals surface area contributed by atoms with E-state index in [1.54, 1.807) is 0 Å². The molecule has 0 heterocycles. The van der Waals surface area contributed by atoms with Gasteiger partial charge in [-0.05, 0) is 50.9 Å². The fourth-order valence-electron chi connectivity index (χ4n) is 3.25. The Balaban J connectivity index is 1.91. The van der Waals surface area contributed by atoms with Crippen molar-refractivity contribution in [3.63, 3.8) is 0 Å². The third kappa shape index (κ3) is 2.83. The maximum atomic E-state index is 12.5. The number of nitrogens with zero attached hydrogens (tertiary/aromatic N) is 1. The van der Waals surface area contributed by atoms with Gasteiger partial charge in [-0.2, -0.15) is 0 Å². The molecule has 2 rings (SSSR count). The summed E-state index contributed by atoms with van der Waals surface area (Å²) >= 11 is 0. The molecule has 17 heavy (non-hydrogen) atoms. The van der Waals surface area contributed by atoms with Crippen LogP contribution < -0.4 is 0 Å². The fourth-order valence-corrected chi connectivity index (χ4v) is 3.25. The van der Waals surface area contributed by atoms with Crippen LogP contribution in [0.1, 0.15) is 59.3 Å². The Hall–Kier alpha value is -0.530. The molecule has 2 nitrogen and oxygen atoms in total. The lowest BCUT2D eigenvalue weighted by Gasteiger charge is -2.31. The molecule has 2 saturated carbocycles. The first-order chi connectivity index (χ1) is 8.17. The Morgan fingerprint density at radius 2 is 1.88 bits per heavy atom. The summed E-state index contributed by atoms with van der Waals surface area (Å²) in [5, 5.41) is 0. The van der Waals surface area contributed by atoms with Gasteiger partial charge < -0.3 is 4.90 Å². The van der Waals surface area contributed by atoms with Crippen molar-refractivity contribution in [3.05, 3.63) is 0 Å². The largest absolute Gasteiger partial charge is 0.340 e. The van der Waals surface area contributed by atoms with Crippen LogP contribution in [0.3, 0.4) is 0 Å². The van der Waals surface area contributed by atoms with Crippen molar-refractivity contribution in [2.24, 2.45) is 17.8 Å². The van der Waals surface area contributed by atoms with E-state index in [4.69, 9.17) is 0 Å². The van der Waals surface area contributed by atoms with Gasteiger partial charge in [-0.25, -0.2) is 0 Å². The number of carbonyl (C=O) groups is 1. The van der Waals surface area contributed by atoms with E-state index < -0.39 is 0 Å². The summed E-state index contributed by atoms with van der Waals surface area (Å²) in [6.45, 7) is 7.55. The molecule has 3 unspecified atom stereocenters. The number of rotatable bonds is 6. The van der Waals surface area contributed by atoms with Crippen molar-refractivity contribution in [3.8, 4) is 0 Å². The third-order valence-electron chi connectivity index (χ3n) is 4.75. The van der Waals surface area contributed by atoms with Crippen LogP contribution in [0.2, 0.25) is 0 Å². The van der Waals surface area contributed by atoms with Gasteiger partial charge in [0.05, 0.1) is 0 Å². The second kappa shape index (κ2) is 5.41. The van der Waals surface area contributed by atoms with Crippen LogP contribution in [0.25, 0.3) is 0 Å². The maximum absolute atomic E-state index is 12.5. The Morgan fingerprint density at radius 3 is 2.41 bits per heavy atom. The molecule has 2 aliphatic rings. The van der Waals surface area contributed by atoms with Crippen LogP contribution in [-0.4, -0.2) is 23.4 Å². The molecule has 0 spiro atoms. The summed E-state index contributed by atoms with van der Waals surface area (Å²) in [6, 6.07) is 0.422. The molecule has 0 aliphatic heterocycles. The Bertz CT molecular complexity index is 266. The average Bonchev–Trinajstić information content (AvgIpc) is 2.95. The van der Waals surface area contributed by atoms with Gasteiger partial charge in [0.25, 0.3) is 0 Å². The lowest BCUT2D eigenvalue weighted by atomic mass is 10.00. The van der Waals surface area contributed by atoms with Crippen molar-refractivity contribution in [1.82, 2.24) is 4.90 Å². The normalized spacial score (nSPS) is 32.1. The van der Waals surface area contributed by atoms with Crippen LogP contribution >= 0.6 is 0 Å². The number of fused-ring (bicyclic) bond motifs is 1. The van der Waals surface area contributed by atoms with Gasteiger partial charge in [-0.3, -0.25) is 4.79 Å². The van der Waals surface area contributed by atoms with Gasteiger partial charge in [0, 0.05) is 18.5 Å². The monoisotopic (exact) mass is 237 g/mol. The number of amides is 1. The quantitative estimate of drug-likeness (QED) is 0.693. The average molecular weight is 237 g/mol. The van der Waals surface area contributed by atoms with Gasteiger partial charge >= 0.3 is 0 Å². The summed E-state index contributed by atoms with van der Waals surface area (Å²) in [5.41, 5.74) is 0. The second-order valence-corrected chi connectivity index (χ2v) is 6.07. The SMILES string of the molecule is CCCCN(C(=O)C1CC2CC2C1)C(C)CC. The highest BCUT2D eigenvalue weighted by Crippen LogP contribution is 2.54. The van der Waals surface area contributed by atoms with Gasteiger partial charge in [0.1, 0.15) is 0 Å². The van der Waals surface area contributed by atoms with E-state index in [9.17, 15) is 4.79 Å². The highest BCUT2D eigenvalue weighted by Gasteiger charge is 2.48. The number of hydrogen-bond acceptors (Lipinski definition) is 1. The van der Waals surface area contributed by atoms with Crippen LogP contribution in [0, 0.1) is 17.8 Å². The summed E-state index contributed by atoms with van der Waals surface area (Å²) in [4.78, 5) is 14.7. The van der Waals surface area contributed by atoms with Gasteiger partial charge in [0.2, 0.25) is 5.91 Å². The fraction of sp³-hybridized carbons (Fsp3) is 0.933. The first-order valence-electron chi connectivity index (χ1n) is 7.47. The Labute approximate surface area is 106 Å². The van der Waals surface area contributed by atoms with Gasteiger partial charge in [0.15, 0.2) is 0 Å². The number of hydrogen-bond donors (Lipinski definition) is 0. The predicted molar refractivity (Wildman–Crippen MR) is 70.7 cm³/mol. The van der Waals surface area contributed by atoms with E-state index in [2.05, 4.69) is 25.7 Å². The summed E-state index contributed by atoms with van der Waals surface area (Å²) in [5.74, 6) is 2.65. The molecule has 2 heteroatoms. The minimum absolute atomic E-state index is 0.365. The minimum Gasteiger partial charge on any atom is -0.340 e. The molecule has 3 atom stereocenters. The topological polar surface area (TPSA) is 20.3 Å². The predicted octanol–water partition coefficient (Wildman–Crippen LogP) is 3.46. The number of carbonyl (C=O) groups excluding carboxylic acids is 1. The number of unbranched alkanes of at least 4 members (excludes halogenated alkanes) is 1.